The third-order valence-corrected chi connectivity index (χ3v) is 1.89. The molecule has 1 N–H and O–H groups in total. The number of amides is 1. The molecule has 0 unspecified atom stereocenters. The minimum absolute atomic E-state index is 0.0301. The second-order valence-corrected chi connectivity index (χ2v) is 2.69. The van der Waals surface area contributed by atoms with Crippen LogP contribution in [0.1, 0.15) is 9.67 Å². The third-order valence-electron chi connectivity index (χ3n) is 1.02. The molecule has 0 aliphatic heterocycles. The molecule has 1 heterocycles. The topological polar surface area (TPSA) is 29.1 Å². The van der Waals surface area contributed by atoms with Gasteiger partial charge in [0.2, 0.25) is 13.3 Å². The van der Waals surface area contributed by atoms with Gasteiger partial charge < -0.3 is 5.23 Å². The average molecular weight is 152 g/mol. The van der Waals surface area contributed by atoms with Gasteiger partial charge in [0.15, 0.2) is 0 Å². The smallest absolute Gasteiger partial charge is 0.249 e. The molecule has 1 rings (SSSR count). The fraction of sp³-hybridized carbons (Fsp3) is 0.167. The second-order valence-electron chi connectivity index (χ2n) is 1.74. The quantitative estimate of drug-likeness (QED) is 0.632. The molecule has 1 aromatic heterocycles. The normalized spacial score (nSPS) is 8.90. The Balaban J connectivity index is 2.59. The van der Waals surface area contributed by atoms with Crippen LogP contribution in [0.5, 0.6) is 0 Å². The summed E-state index contributed by atoms with van der Waals surface area (Å²) in [4.78, 5) is 11.7. The van der Waals surface area contributed by atoms with Gasteiger partial charge >= 0.3 is 0 Å². The Morgan fingerprint density at radius 1 is 1.80 bits per heavy atom. The maximum Gasteiger partial charge on any atom is 0.249 e. The molecular formula is C6H7BNOS. The monoisotopic (exact) mass is 152 g/mol. The molecule has 51 valence electrons. The van der Waals surface area contributed by atoms with Crippen molar-refractivity contribution in [2.24, 2.45) is 0 Å². The Morgan fingerprint density at radius 3 is 3.10 bits per heavy atom. The number of carbonyl (C=O) groups is 1. The average Bonchev–Trinajstić information content (AvgIpc) is 2.38. The van der Waals surface area contributed by atoms with Gasteiger partial charge in [-0.3, -0.25) is 4.79 Å². The number of hydrogen-bond acceptors (Lipinski definition) is 2. The Morgan fingerprint density at radius 2 is 2.60 bits per heavy atom. The van der Waals surface area contributed by atoms with Crippen molar-refractivity contribution in [3.8, 4) is 0 Å². The van der Waals surface area contributed by atoms with Gasteiger partial charge in [0.05, 0.1) is 4.88 Å². The molecule has 0 aliphatic carbocycles. The van der Waals surface area contributed by atoms with Gasteiger partial charge in [-0.2, -0.15) is 0 Å². The number of thiophene rings is 1. The summed E-state index contributed by atoms with van der Waals surface area (Å²) in [5, 5.41) is 4.47. The van der Waals surface area contributed by atoms with Gasteiger partial charge in [-0.25, -0.2) is 0 Å². The molecule has 10 heavy (non-hydrogen) atoms. The molecule has 1 aromatic rings. The van der Waals surface area contributed by atoms with Crippen molar-refractivity contribution in [3.63, 3.8) is 0 Å². The van der Waals surface area contributed by atoms with Crippen molar-refractivity contribution in [2.75, 3.05) is 0 Å². The minimum Gasteiger partial charge on any atom is -0.399 e. The summed E-state index contributed by atoms with van der Waals surface area (Å²) in [5.74, 6) is -0.0301. The minimum atomic E-state index is -0.0301. The molecule has 0 aromatic carbocycles. The Labute approximate surface area is 64.5 Å². The summed E-state index contributed by atoms with van der Waals surface area (Å²) in [6.07, 6.45) is 0. The van der Waals surface area contributed by atoms with E-state index < -0.39 is 0 Å². The van der Waals surface area contributed by atoms with Crippen LogP contribution in [0.4, 0.5) is 0 Å². The Hall–Kier alpha value is -0.765. The Kier molecular flexibility index (Phi) is 2.51. The van der Waals surface area contributed by atoms with Crippen molar-refractivity contribution < 1.29 is 4.79 Å². The van der Waals surface area contributed by atoms with Crippen molar-refractivity contribution in [2.45, 2.75) is 6.82 Å². The Bertz CT molecular complexity index is 210. The summed E-state index contributed by atoms with van der Waals surface area (Å²) in [5.41, 5.74) is 0. The molecule has 2 nitrogen and oxygen atoms in total. The molecule has 0 spiro atoms. The van der Waals surface area contributed by atoms with Crippen molar-refractivity contribution >= 4 is 24.7 Å². The van der Waals surface area contributed by atoms with E-state index in [1.165, 1.54) is 11.3 Å². The highest BCUT2D eigenvalue weighted by Gasteiger charge is 2.02. The maximum absolute atomic E-state index is 11.0. The van der Waals surface area contributed by atoms with Gasteiger partial charge in [0, 0.05) is 0 Å². The van der Waals surface area contributed by atoms with Crippen LogP contribution in [0.3, 0.4) is 0 Å². The van der Waals surface area contributed by atoms with Gasteiger partial charge in [-0.1, -0.05) is 12.9 Å². The van der Waals surface area contributed by atoms with Crippen LogP contribution in [0.2, 0.25) is 6.82 Å². The van der Waals surface area contributed by atoms with E-state index in [0.717, 1.165) is 4.88 Å². The van der Waals surface area contributed by atoms with Crippen molar-refractivity contribution in [1.82, 2.24) is 5.23 Å². The lowest BCUT2D eigenvalue weighted by Crippen LogP contribution is -2.24. The van der Waals surface area contributed by atoms with Crippen molar-refractivity contribution in [1.29, 1.82) is 0 Å². The second kappa shape index (κ2) is 3.41. The summed E-state index contributed by atoms with van der Waals surface area (Å²) < 4.78 is 0. The molecule has 4 heteroatoms. The van der Waals surface area contributed by atoms with Crippen LogP contribution in [0.25, 0.3) is 0 Å². The lowest BCUT2D eigenvalue weighted by molar-refractivity contribution is 0.0984. The van der Waals surface area contributed by atoms with Crippen LogP contribution in [0, 0.1) is 0 Å². The third kappa shape index (κ3) is 1.61. The molecule has 0 saturated heterocycles. The van der Waals surface area contributed by atoms with E-state index in [-0.39, 0.29) is 5.91 Å². The first-order chi connectivity index (χ1) is 4.84. The highest BCUT2D eigenvalue weighted by molar-refractivity contribution is 7.12. The summed E-state index contributed by atoms with van der Waals surface area (Å²) in [7, 11) is 1.63. The highest BCUT2D eigenvalue weighted by atomic mass is 32.1. The molecule has 1 radical (unpaired) electrons. The van der Waals surface area contributed by atoms with E-state index in [4.69, 9.17) is 0 Å². The molecule has 0 atom stereocenters. The summed E-state index contributed by atoms with van der Waals surface area (Å²) >= 11 is 1.44. The van der Waals surface area contributed by atoms with E-state index in [0.29, 0.717) is 0 Å². The van der Waals surface area contributed by atoms with E-state index in [9.17, 15) is 4.79 Å². The van der Waals surface area contributed by atoms with Crippen LogP contribution in [-0.4, -0.2) is 13.3 Å². The van der Waals surface area contributed by atoms with E-state index in [1.54, 1.807) is 20.3 Å². The zero-order chi connectivity index (χ0) is 7.40. The lowest BCUT2D eigenvalue weighted by atomic mass is 10.0. The zero-order valence-corrected chi connectivity index (χ0v) is 6.44. The van der Waals surface area contributed by atoms with Gasteiger partial charge in [0.25, 0.3) is 0 Å². The van der Waals surface area contributed by atoms with E-state index >= 15 is 0 Å². The lowest BCUT2D eigenvalue weighted by Gasteiger charge is -1.94. The first kappa shape index (κ1) is 7.34. The zero-order valence-electron chi connectivity index (χ0n) is 5.63. The SMILES string of the molecule is C[B]NC(=O)c1cccs1. The predicted octanol–water partition coefficient (Wildman–Crippen LogP) is 1.15. The highest BCUT2D eigenvalue weighted by Crippen LogP contribution is 2.06. The molecule has 0 saturated carbocycles. The van der Waals surface area contributed by atoms with E-state index in [2.05, 4.69) is 5.23 Å². The standard InChI is InChI=1S/C6H7BNOS/c1-7-8-6(9)5-3-2-4-10-5/h2-4H,1H3,(H,8,9). The van der Waals surface area contributed by atoms with Gasteiger partial charge in [0.1, 0.15) is 0 Å². The first-order valence-corrected chi connectivity index (χ1v) is 3.84. The van der Waals surface area contributed by atoms with Gasteiger partial charge in [-0.05, 0) is 11.4 Å². The van der Waals surface area contributed by atoms with Crippen molar-refractivity contribution in [3.05, 3.63) is 22.4 Å². The predicted molar refractivity (Wildman–Crippen MR) is 43.4 cm³/mol. The molecule has 0 bridgehead atoms. The van der Waals surface area contributed by atoms with E-state index in [1.807, 2.05) is 11.4 Å². The molecular weight excluding hydrogens is 145 g/mol. The van der Waals surface area contributed by atoms with Crippen LogP contribution < -0.4 is 5.23 Å². The molecule has 0 fully saturated rings. The summed E-state index contributed by atoms with van der Waals surface area (Å²) in [6.45, 7) is 1.78. The van der Waals surface area contributed by atoms with Crippen LogP contribution in [0.15, 0.2) is 17.5 Å². The van der Waals surface area contributed by atoms with Gasteiger partial charge in [-0.15, -0.1) is 11.3 Å². The van der Waals surface area contributed by atoms with Crippen LogP contribution >= 0.6 is 11.3 Å². The number of rotatable bonds is 2. The fourth-order valence-corrected chi connectivity index (χ4v) is 1.24. The van der Waals surface area contributed by atoms with Crippen LogP contribution in [-0.2, 0) is 0 Å². The molecule has 1 amide bonds. The first-order valence-electron chi connectivity index (χ1n) is 2.97. The fourth-order valence-electron chi connectivity index (χ4n) is 0.610. The largest absolute Gasteiger partial charge is 0.399 e. The maximum atomic E-state index is 11.0. The number of nitrogens with one attached hydrogen (secondary N) is 1. The summed E-state index contributed by atoms with van der Waals surface area (Å²) in [6, 6.07) is 3.65. The number of carbonyl (C=O) groups excluding carboxylic acids is 1. The number of hydrogen-bond donors (Lipinski definition) is 1. The molecule has 0 aliphatic rings.